The molecule has 5 heteroatoms. The minimum Gasteiger partial charge on any atom is -0.326 e. The molecule has 0 heterocycles. The zero-order valence-electron chi connectivity index (χ0n) is 14.0. The van der Waals surface area contributed by atoms with E-state index in [1.54, 1.807) is 6.07 Å². The Morgan fingerprint density at radius 3 is 2.21 bits per heavy atom. The molecular formula is C19H21BrN2O2. The summed E-state index contributed by atoms with van der Waals surface area (Å²) >= 11 is 3.38. The van der Waals surface area contributed by atoms with Crippen molar-refractivity contribution in [1.82, 2.24) is 0 Å². The predicted molar refractivity (Wildman–Crippen MR) is 101 cm³/mol. The number of hydrogen-bond donors (Lipinski definition) is 2. The molecule has 0 aliphatic carbocycles. The summed E-state index contributed by atoms with van der Waals surface area (Å²) in [6.07, 6.45) is -0.221. The summed E-state index contributed by atoms with van der Waals surface area (Å²) in [6, 6.07) is 13.2. The van der Waals surface area contributed by atoms with Crippen LogP contribution < -0.4 is 10.6 Å². The van der Waals surface area contributed by atoms with Gasteiger partial charge in [-0.05, 0) is 54.3 Å². The van der Waals surface area contributed by atoms with Gasteiger partial charge in [-0.3, -0.25) is 9.59 Å². The molecule has 0 atom stereocenters. The average molecular weight is 389 g/mol. The Kier molecular flexibility index (Phi) is 6.15. The highest BCUT2D eigenvalue weighted by Gasteiger charge is 2.11. The lowest BCUT2D eigenvalue weighted by atomic mass is 10.0. The van der Waals surface area contributed by atoms with Crippen LogP contribution in [0.1, 0.15) is 37.3 Å². The van der Waals surface area contributed by atoms with E-state index >= 15 is 0 Å². The van der Waals surface area contributed by atoms with E-state index in [0.717, 1.165) is 10.0 Å². The number of anilines is 2. The maximum Gasteiger partial charge on any atom is 0.233 e. The largest absolute Gasteiger partial charge is 0.326 e. The van der Waals surface area contributed by atoms with E-state index in [0.29, 0.717) is 17.3 Å². The normalized spacial score (nSPS) is 10.5. The molecule has 4 nitrogen and oxygen atoms in total. The van der Waals surface area contributed by atoms with Gasteiger partial charge in [0.2, 0.25) is 11.8 Å². The first kappa shape index (κ1) is 18.2. The fourth-order valence-corrected chi connectivity index (χ4v) is 2.74. The molecule has 2 N–H and O–H groups in total. The fraction of sp³-hybridized carbons (Fsp3) is 0.263. The second-order valence-electron chi connectivity index (χ2n) is 6.01. The molecular weight excluding hydrogens is 368 g/mol. The van der Waals surface area contributed by atoms with Gasteiger partial charge in [-0.25, -0.2) is 0 Å². The van der Waals surface area contributed by atoms with Crippen molar-refractivity contribution in [2.45, 2.75) is 33.1 Å². The van der Waals surface area contributed by atoms with Crippen LogP contribution in [-0.2, 0) is 9.59 Å². The van der Waals surface area contributed by atoms with Crippen molar-refractivity contribution in [3.63, 3.8) is 0 Å². The summed E-state index contributed by atoms with van der Waals surface area (Å²) in [6.45, 7) is 6.13. The Morgan fingerprint density at radius 2 is 1.62 bits per heavy atom. The summed E-state index contributed by atoms with van der Waals surface area (Å²) < 4.78 is 0.945. The van der Waals surface area contributed by atoms with Gasteiger partial charge in [0.25, 0.3) is 0 Å². The van der Waals surface area contributed by atoms with E-state index in [-0.39, 0.29) is 18.2 Å². The quantitative estimate of drug-likeness (QED) is 0.719. The van der Waals surface area contributed by atoms with Crippen LogP contribution in [0.15, 0.2) is 46.9 Å². The first-order valence-electron chi connectivity index (χ1n) is 7.81. The van der Waals surface area contributed by atoms with Gasteiger partial charge in [0, 0.05) is 15.8 Å². The zero-order chi connectivity index (χ0) is 17.7. The maximum atomic E-state index is 12.0. The van der Waals surface area contributed by atoms with Crippen LogP contribution in [0.5, 0.6) is 0 Å². The summed E-state index contributed by atoms with van der Waals surface area (Å²) in [5, 5.41) is 5.50. The van der Waals surface area contributed by atoms with E-state index < -0.39 is 0 Å². The third-order valence-corrected chi connectivity index (χ3v) is 4.14. The van der Waals surface area contributed by atoms with Crippen molar-refractivity contribution in [1.29, 1.82) is 0 Å². The van der Waals surface area contributed by atoms with Crippen molar-refractivity contribution in [3.05, 3.63) is 58.1 Å². The Morgan fingerprint density at radius 1 is 1.00 bits per heavy atom. The summed E-state index contributed by atoms with van der Waals surface area (Å²) in [7, 11) is 0. The molecule has 2 aromatic rings. The number of nitrogens with one attached hydrogen (secondary N) is 2. The Hall–Kier alpha value is -2.14. The molecule has 0 aromatic heterocycles. The average Bonchev–Trinajstić information content (AvgIpc) is 2.50. The van der Waals surface area contributed by atoms with E-state index in [4.69, 9.17) is 0 Å². The van der Waals surface area contributed by atoms with Crippen LogP contribution in [0.25, 0.3) is 0 Å². The van der Waals surface area contributed by atoms with Crippen LogP contribution in [-0.4, -0.2) is 11.8 Å². The third-order valence-electron chi connectivity index (χ3n) is 3.64. The molecule has 0 bridgehead atoms. The first-order valence-corrected chi connectivity index (χ1v) is 8.60. The topological polar surface area (TPSA) is 58.2 Å². The predicted octanol–water partition coefficient (Wildman–Crippen LogP) is 4.85. The third kappa shape index (κ3) is 5.20. The Labute approximate surface area is 150 Å². The number of benzene rings is 2. The van der Waals surface area contributed by atoms with Crippen LogP contribution in [0.4, 0.5) is 11.4 Å². The van der Waals surface area contributed by atoms with E-state index in [1.165, 1.54) is 5.56 Å². The number of rotatable bonds is 5. The van der Waals surface area contributed by atoms with Crippen molar-refractivity contribution in [2.24, 2.45) is 0 Å². The molecule has 0 fully saturated rings. The van der Waals surface area contributed by atoms with E-state index in [1.807, 2.05) is 43.3 Å². The van der Waals surface area contributed by atoms with Gasteiger partial charge >= 0.3 is 0 Å². The Balaban J connectivity index is 1.90. The molecule has 126 valence electrons. The summed E-state index contributed by atoms with van der Waals surface area (Å²) in [4.78, 5) is 24.0. The molecule has 0 unspecified atom stereocenters. The van der Waals surface area contributed by atoms with Gasteiger partial charge in [0.1, 0.15) is 6.42 Å². The lowest BCUT2D eigenvalue weighted by molar-refractivity contribution is -0.123. The standard InChI is InChI=1S/C19H21BrN2O2/c1-12(2)14-4-7-16(8-5-14)21-18(23)11-19(24)22-17-9-6-15(20)10-13(17)3/h4-10,12H,11H2,1-3H3,(H,21,23)(H,22,24). The van der Waals surface area contributed by atoms with Crippen molar-refractivity contribution < 1.29 is 9.59 Å². The van der Waals surface area contributed by atoms with Gasteiger partial charge in [0.15, 0.2) is 0 Å². The lowest BCUT2D eigenvalue weighted by Crippen LogP contribution is -2.21. The molecule has 2 rings (SSSR count). The van der Waals surface area contributed by atoms with Gasteiger partial charge in [0.05, 0.1) is 0 Å². The second-order valence-corrected chi connectivity index (χ2v) is 6.92. The smallest absolute Gasteiger partial charge is 0.233 e. The number of carbonyl (C=O) groups is 2. The minimum atomic E-state index is -0.336. The molecule has 0 radical (unpaired) electrons. The SMILES string of the molecule is Cc1cc(Br)ccc1NC(=O)CC(=O)Nc1ccc(C(C)C)cc1. The molecule has 0 saturated heterocycles. The molecule has 2 aromatic carbocycles. The number of hydrogen-bond acceptors (Lipinski definition) is 2. The van der Waals surface area contributed by atoms with Crippen molar-refractivity contribution in [2.75, 3.05) is 10.6 Å². The van der Waals surface area contributed by atoms with Gasteiger partial charge in [-0.2, -0.15) is 0 Å². The van der Waals surface area contributed by atoms with Crippen molar-refractivity contribution in [3.8, 4) is 0 Å². The minimum absolute atomic E-state index is 0.221. The molecule has 2 amide bonds. The first-order chi connectivity index (χ1) is 11.3. The highest BCUT2D eigenvalue weighted by Crippen LogP contribution is 2.20. The van der Waals surface area contributed by atoms with Gasteiger partial charge in [-0.15, -0.1) is 0 Å². The van der Waals surface area contributed by atoms with Gasteiger partial charge in [-0.1, -0.05) is 41.9 Å². The number of amides is 2. The van der Waals surface area contributed by atoms with Crippen LogP contribution in [0, 0.1) is 6.92 Å². The molecule has 0 spiro atoms. The van der Waals surface area contributed by atoms with Crippen LogP contribution >= 0.6 is 15.9 Å². The number of aryl methyl sites for hydroxylation is 1. The lowest BCUT2D eigenvalue weighted by Gasteiger charge is -2.10. The maximum absolute atomic E-state index is 12.0. The monoisotopic (exact) mass is 388 g/mol. The molecule has 24 heavy (non-hydrogen) atoms. The summed E-state index contributed by atoms with van der Waals surface area (Å²) in [5.74, 6) is -0.231. The fourth-order valence-electron chi connectivity index (χ4n) is 2.26. The highest BCUT2D eigenvalue weighted by molar-refractivity contribution is 9.10. The summed E-state index contributed by atoms with van der Waals surface area (Å²) in [5.41, 5.74) is 3.54. The van der Waals surface area contributed by atoms with Gasteiger partial charge < -0.3 is 10.6 Å². The molecule has 0 aliphatic heterocycles. The van der Waals surface area contributed by atoms with Crippen molar-refractivity contribution >= 4 is 39.1 Å². The molecule has 0 aliphatic rings. The van der Waals surface area contributed by atoms with E-state index in [2.05, 4.69) is 40.4 Å². The van der Waals surface area contributed by atoms with E-state index in [9.17, 15) is 9.59 Å². The van der Waals surface area contributed by atoms with Crippen LogP contribution in [0.2, 0.25) is 0 Å². The second kappa shape index (κ2) is 8.11. The molecule has 0 saturated carbocycles. The zero-order valence-corrected chi connectivity index (χ0v) is 15.6. The highest BCUT2D eigenvalue weighted by atomic mass is 79.9. The number of halogens is 1. The Bertz CT molecular complexity index is 740. The van der Waals surface area contributed by atoms with Crippen LogP contribution in [0.3, 0.4) is 0 Å². The number of carbonyl (C=O) groups excluding carboxylic acids is 2.